The fraction of sp³-hybridized carbons (Fsp3) is 0.500. The van der Waals surface area contributed by atoms with Crippen molar-refractivity contribution < 1.29 is 14.3 Å². The summed E-state index contributed by atoms with van der Waals surface area (Å²) in [5, 5.41) is 3.28. The largest absolute Gasteiger partial charge is 0.469 e. The molecule has 0 spiro atoms. The lowest BCUT2D eigenvalue weighted by atomic mass is 9.93. The van der Waals surface area contributed by atoms with E-state index in [1.807, 2.05) is 32.0 Å². The van der Waals surface area contributed by atoms with Crippen molar-refractivity contribution >= 4 is 27.6 Å². The molecule has 0 aromatic heterocycles. The molecule has 0 radical (unpaired) electrons. The average molecular weight is 330 g/mol. The average Bonchev–Trinajstić information content (AvgIpc) is 2.38. The standard InChI is InChI=1S/C14H20BrNO3/c1-14(2,13(17)19-4)9-16-12-7-5-6-11(15)10(12)8-18-3/h5-7,16H,8-9H2,1-4H3. The molecule has 0 aliphatic carbocycles. The maximum atomic E-state index is 11.6. The maximum Gasteiger partial charge on any atom is 0.313 e. The molecule has 4 nitrogen and oxygen atoms in total. The predicted molar refractivity (Wildman–Crippen MR) is 79.1 cm³/mol. The lowest BCUT2D eigenvalue weighted by Crippen LogP contribution is -2.33. The van der Waals surface area contributed by atoms with Crippen LogP contribution in [-0.4, -0.2) is 26.7 Å². The van der Waals surface area contributed by atoms with Crippen molar-refractivity contribution in [3.8, 4) is 0 Å². The zero-order valence-corrected chi connectivity index (χ0v) is 13.3. The van der Waals surface area contributed by atoms with Crippen molar-refractivity contribution in [2.75, 3.05) is 26.1 Å². The number of rotatable bonds is 6. The minimum atomic E-state index is -0.582. The second-order valence-electron chi connectivity index (χ2n) is 4.93. The summed E-state index contributed by atoms with van der Waals surface area (Å²) < 4.78 is 11.0. The second kappa shape index (κ2) is 6.91. The first-order chi connectivity index (χ1) is 8.92. The summed E-state index contributed by atoms with van der Waals surface area (Å²) in [6, 6.07) is 5.87. The minimum absolute atomic E-state index is 0.233. The fourth-order valence-electron chi connectivity index (χ4n) is 1.68. The van der Waals surface area contributed by atoms with Crippen molar-refractivity contribution in [1.29, 1.82) is 0 Å². The molecule has 0 saturated heterocycles. The Morgan fingerprint density at radius 2 is 2.05 bits per heavy atom. The molecule has 0 saturated carbocycles. The molecule has 0 fully saturated rings. The quantitative estimate of drug-likeness (QED) is 0.814. The highest BCUT2D eigenvalue weighted by molar-refractivity contribution is 9.10. The summed E-state index contributed by atoms with van der Waals surface area (Å²) in [6.45, 7) is 4.69. The Labute approximate surface area is 122 Å². The molecule has 1 N–H and O–H groups in total. The molecule has 0 unspecified atom stereocenters. The predicted octanol–water partition coefficient (Wildman–Crippen LogP) is 3.21. The van der Waals surface area contributed by atoms with Crippen LogP contribution in [0.25, 0.3) is 0 Å². The van der Waals surface area contributed by atoms with E-state index in [9.17, 15) is 4.79 Å². The van der Waals surface area contributed by atoms with Crippen LogP contribution < -0.4 is 5.32 Å². The third kappa shape index (κ3) is 4.21. The van der Waals surface area contributed by atoms with Crippen molar-refractivity contribution in [3.05, 3.63) is 28.2 Å². The highest BCUT2D eigenvalue weighted by Crippen LogP contribution is 2.27. The maximum absolute atomic E-state index is 11.6. The van der Waals surface area contributed by atoms with E-state index in [2.05, 4.69) is 21.2 Å². The number of esters is 1. The molecule has 0 bridgehead atoms. The first-order valence-electron chi connectivity index (χ1n) is 6.01. The SMILES string of the molecule is COCc1c(Br)cccc1NCC(C)(C)C(=O)OC. The molecule has 0 amide bonds. The first kappa shape index (κ1) is 16.0. The van der Waals surface area contributed by atoms with Gasteiger partial charge in [-0.15, -0.1) is 0 Å². The molecular weight excluding hydrogens is 310 g/mol. The Bertz CT molecular complexity index is 446. The van der Waals surface area contributed by atoms with Gasteiger partial charge in [0.2, 0.25) is 0 Å². The lowest BCUT2D eigenvalue weighted by Gasteiger charge is -2.23. The molecule has 5 heteroatoms. The van der Waals surface area contributed by atoms with Gasteiger partial charge in [0.15, 0.2) is 0 Å². The summed E-state index contributed by atoms with van der Waals surface area (Å²) in [7, 11) is 3.06. The number of halogens is 1. The molecule has 1 aromatic carbocycles. The van der Waals surface area contributed by atoms with Gasteiger partial charge in [-0.1, -0.05) is 22.0 Å². The molecule has 0 atom stereocenters. The lowest BCUT2D eigenvalue weighted by molar-refractivity contribution is -0.149. The van der Waals surface area contributed by atoms with E-state index in [4.69, 9.17) is 9.47 Å². The molecule has 19 heavy (non-hydrogen) atoms. The zero-order chi connectivity index (χ0) is 14.5. The number of anilines is 1. The van der Waals surface area contributed by atoms with Crippen LogP contribution in [0.15, 0.2) is 22.7 Å². The Kier molecular flexibility index (Phi) is 5.82. The van der Waals surface area contributed by atoms with Gasteiger partial charge in [-0.05, 0) is 26.0 Å². The molecule has 0 heterocycles. The van der Waals surface area contributed by atoms with E-state index in [1.165, 1.54) is 7.11 Å². The molecular formula is C14H20BrNO3. The number of nitrogens with one attached hydrogen (secondary N) is 1. The van der Waals surface area contributed by atoms with Crippen molar-refractivity contribution in [2.45, 2.75) is 20.5 Å². The fourth-order valence-corrected chi connectivity index (χ4v) is 2.16. The van der Waals surface area contributed by atoms with Gasteiger partial charge >= 0.3 is 5.97 Å². The van der Waals surface area contributed by atoms with Gasteiger partial charge in [0.1, 0.15) is 0 Å². The highest BCUT2D eigenvalue weighted by Gasteiger charge is 2.28. The normalized spacial score (nSPS) is 11.2. The van der Waals surface area contributed by atoms with Crippen LogP contribution in [0.2, 0.25) is 0 Å². The van der Waals surface area contributed by atoms with Crippen molar-refractivity contribution in [3.63, 3.8) is 0 Å². The monoisotopic (exact) mass is 329 g/mol. The van der Waals surface area contributed by atoms with Crippen LogP contribution in [0, 0.1) is 5.41 Å². The van der Waals surface area contributed by atoms with Gasteiger partial charge in [-0.25, -0.2) is 0 Å². The highest BCUT2D eigenvalue weighted by atomic mass is 79.9. The van der Waals surface area contributed by atoms with E-state index in [0.29, 0.717) is 13.2 Å². The van der Waals surface area contributed by atoms with Gasteiger partial charge in [0.25, 0.3) is 0 Å². The first-order valence-corrected chi connectivity index (χ1v) is 6.80. The Morgan fingerprint density at radius 1 is 1.37 bits per heavy atom. The zero-order valence-electron chi connectivity index (χ0n) is 11.7. The third-order valence-corrected chi connectivity index (χ3v) is 3.61. The van der Waals surface area contributed by atoms with Gasteiger partial charge in [0, 0.05) is 29.4 Å². The van der Waals surface area contributed by atoms with Crippen molar-refractivity contribution in [1.82, 2.24) is 0 Å². The Balaban J connectivity index is 2.83. The van der Waals surface area contributed by atoms with Gasteiger partial charge in [-0.3, -0.25) is 4.79 Å². The van der Waals surface area contributed by atoms with Crippen LogP contribution in [0.4, 0.5) is 5.69 Å². The smallest absolute Gasteiger partial charge is 0.313 e. The Morgan fingerprint density at radius 3 is 2.63 bits per heavy atom. The minimum Gasteiger partial charge on any atom is -0.469 e. The molecule has 1 rings (SSSR count). The van der Waals surface area contributed by atoms with Crippen LogP contribution >= 0.6 is 15.9 Å². The van der Waals surface area contributed by atoms with E-state index in [-0.39, 0.29) is 5.97 Å². The van der Waals surface area contributed by atoms with E-state index >= 15 is 0 Å². The molecule has 0 aliphatic rings. The van der Waals surface area contributed by atoms with Crippen LogP contribution in [0.5, 0.6) is 0 Å². The number of methoxy groups -OCH3 is 2. The van der Waals surface area contributed by atoms with E-state index < -0.39 is 5.41 Å². The summed E-state index contributed by atoms with van der Waals surface area (Å²) in [5.41, 5.74) is 1.40. The van der Waals surface area contributed by atoms with E-state index in [0.717, 1.165) is 15.7 Å². The summed E-state index contributed by atoms with van der Waals surface area (Å²) in [6.07, 6.45) is 0. The Hall–Kier alpha value is -1.07. The second-order valence-corrected chi connectivity index (χ2v) is 5.78. The van der Waals surface area contributed by atoms with Crippen molar-refractivity contribution in [2.24, 2.45) is 5.41 Å². The van der Waals surface area contributed by atoms with Crippen LogP contribution in [-0.2, 0) is 20.9 Å². The summed E-state index contributed by atoms with van der Waals surface area (Å²) >= 11 is 3.50. The van der Waals surface area contributed by atoms with Crippen LogP contribution in [0.3, 0.4) is 0 Å². The number of carbonyl (C=O) groups excluding carboxylic acids is 1. The number of ether oxygens (including phenoxy) is 2. The van der Waals surface area contributed by atoms with Crippen LogP contribution in [0.1, 0.15) is 19.4 Å². The van der Waals surface area contributed by atoms with Gasteiger partial charge in [0.05, 0.1) is 19.1 Å². The van der Waals surface area contributed by atoms with Gasteiger partial charge < -0.3 is 14.8 Å². The number of carbonyl (C=O) groups is 1. The topological polar surface area (TPSA) is 47.6 Å². The molecule has 106 valence electrons. The summed E-state index contributed by atoms with van der Waals surface area (Å²) in [5.74, 6) is -0.233. The number of hydrogen-bond acceptors (Lipinski definition) is 4. The third-order valence-electron chi connectivity index (χ3n) is 2.87. The summed E-state index contributed by atoms with van der Waals surface area (Å²) in [4.78, 5) is 11.6. The number of benzene rings is 1. The van der Waals surface area contributed by atoms with Gasteiger partial charge in [-0.2, -0.15) is 0 Å². The molecule has 0 aliphatic heterocycles. The number of hydrogen-bond donors (Lipinski definition) is 1. The molecule has 1 aromatic rings. The van der Waals surface area contributed by atoms with E-state index in [1.54, 1.807) is 7.11 Å².